The molecule has 18 heteroatoms. The Labute approximate surface area is 273 Å². The van der Waals surface area contributed by atoms with Gasteiger partial charge in [-0.05, 0) is 56.2 Å². The van der Waals surface area contributed by atoms with Crippen LogP contribution in [-0.4, -0.2) is 95.0 Å². The number of carbonyl (C=O) groups excluding carboxylic acids is 4. The molecule has 262 valence electrons. The summed E-state index contributed by atoms with van der Waals surface area (Å²) in [4.78, 5) is 72.4. The molecule has 0 saturated heterocycles. The number of hydrogen-bond donors (Lipinski definition) is 11. The molecule has 47 heavy (non-hydrogen) atoms. The lowest BCUT2D eigenvalue weighted by molar-refractivity contribution is -0.142. The maximum absolute atomic E-state index is 13.6. The van der Waals surface area contributed by atoms with Crippen LogP contribution in [0.15, 0.2) is 34.3 Å². The number of carbonyl (C=O) groups is 5. The average Bonchev–Trinajstić information content (AvgIpc) is 2.98. The van der Waals surface area contributed by atoms with E-state index in [0.29, 0.717) is 5.56 Å². The predicted molar refractivity (Wildman–Crippen MR) is 175 cm³/mol. The van der Waals surface area contributed by atoms with Crippen molar-refractivity contribution >= 4 is 41.5 Å². The Morgan fingerprint density at radius 1 is 0.702 bits per heavy atom. The molecule has 0 fully saturated rings. The first-order valence-electron chi connectivity index (χ1n) is 15.1. The van der Waals surface area contributed by atoms with Gasteiger partial charge < -0.3 is 60.1 Å². The largest absolute Gasteiger partial charge is 0.508 e. The standard InChI is InChI=1S/C29H49N11O7/c1-15(2)22(40-23(42)16(3)30)26(45)38-20(7-5-13-36-29(33)34)24(43)37-19(6-4-12-35-28(31)32)25(44)39-21(27(46)47)14-17-8-10-18(41)11-9-17/h8-11,15-16,19-22,41H,4-7,12-14,30H2,1-3H3,(H,37,43)(H,38,45)(H,39,44)(H,40,42)(H,46,47)(H4,31,32,35)(H4,33,34,36)/t16-,19-,20-,21-,22-/m0/s1. The molecule has 0 aliphatic carbocycles. The molecule has 0 bridgehead atoms. The number of nitrogens with two attached hydrogens (primary N) is 5. The van der Waals surface area contributed by atoms with Gasteiger partial charge in [-0.3, -0.25) is 29.2 Å². The maximum Gasteiger partial charge on any atom is 0.326 e. The highest BCUT2D eigenvalue weighted by Gasteiger charge is 2.32. The summed E-state index contributed by atoms with van der Waals surface area (Å²) in [6.07, 6.45) is 0.425. The average molecular weight is 664 g/mol. The molecule has 0 radical (unpaired) electrons. The summed E-state index contributed by atoms with van der Waals surface area (Å²) >= 11 is 0. The van der Waals surface area contributed by atoms with Crippen molar-refractivity contribution in [2.45, 2.75) is 83.1 Å². The number of amides is 4. The monoisotopic (exact) mass is 663 g/mol. The smallest absolute Gasteiger partial charge is 0.326 e. The zero-order valence-corrected chi connectivity index (χ0v) is 26.9. The minimum atomic E-state index is -1.38. The van der Waals surface area contributed by atoms with Gasteiger partial charge in [0.05, 0.1) is 6.04 Å². The number of phenolic OH excluding ortho intramolecular Hbond substituents is 1. The molecule has 0 unspecified atom stereocenters. The van der Waals surface area contributed by atoms with E-state index in [2.05, 4.69) is 31.3 Å². The number of nitrogens with zero attached hydrogens (tertiary/aromatic N) is 2. The van der Waals surface area contributed by atoms with Gasteiger partial charge in [-0.25, -0.2) is 4.79 Å². The van der Waals surface area contributed by atoms with Gasteiger partial charge in [0.1, 0.15) is 29.9 Å². The summed E-state index contributed by atoms with van der Waals surface area (Å²) in [7, 11) is 0. The summed E-state index contributed by atoms with van der Waals surface area (Å²) < 4.78 is 0. The zero-order valence-electron chi connectivity index (χ0n) is 26.9. The van der Waals surface area contributed by atoms with E-state index in [-0.39, 0.29) is 68.8 Å². The number of guanidine groups is 2. The van der Waals surface area contributed by atoms with Crippen molar-refractivity contribution in [2.24, 2.45) is 44.6 Å². The van der Waals surface area contributed by atoms with Crippen molar-refractivity contribution in [3.8, 4) is 5.75 Å². The van der Waals surface area contributed by atoms with Crippen molar-refractivity contribution < 1.29 is 34.2 Å². The molecule has 0 aromatic heterocycles. The molecular formula is C29H49N11O7. The van der Waals surface area contributed by atoms with Crippen LogP contribution in [0.5, 0.6) is 5.75 Å². The lowest BCUT2D eigenvalue weighted by atomic mass is 10.0. The molecule has 16 N–H and O–H groups in total. The van der Waals surface area contributed by atoms with Crippen molar-refractivity contribution in [3.63, 3.8) is 0 Å². The second-order valence-corrected chi connectivity index (χ2v) is 11.3. The van der Waals surface area contributed by atoms with Crippen LogP contribution in [0.4, 0.5) is 0 Å². The Morgan fingerprint density at radius 3 is 1.55 bits per heavy atom. The van der Waals surface area contributed by atoms with Crippen LogP contribution in [0, 0.1) is 5.92 Å². The van der Waals surface area contributed by atoms with Gasteiger partial charge >= 0.3 is 5.97 Å². The molecule has 1 rings (SSSR count). The molecule has 0 saturated carbocycles. The third-order valence-electron chi connectivity index (χ3n) is 6.81. The van der Waals surface area contributed by atoms with Crippen LogP contribution in [0.3, 0.4) is 0 Å². The van der Waals surface area contributed by atoms with Gasteiger partial charge in [0.15, 0.2) is 11.9 Å². The maximum atomic E-state index is 13.6. The molecule has 0 spiro atoms. The van der Waals surface area contributed by atoms with Crippen LogP contribution in [0.2, 0.25) is 0 Å². The Bertz CT molecular complexity index is 1260. The molecule has 0 heterocycles. The quantitative estimate of drug-likeness (QED) is 0.0379. The molecule has 1 aromatic rings. The number of aliphatic carboxylic acids is 1. The van der Waals surface area contributed by atoms with E-state index in [1.54, 1.807) is 13.8 Å². The topological polar surface area (TPSA) is 329 Å². The summed E-state index contributed by atoms with van der Waals surface area (Å²) in [5.74, 6) is -4.82. The lowest BCUT2D eigenvalue weighted by Gasteiger charge is -2.27. The van der Waals surface area contributed by atoms with Crippen LogP contribution in [0.1, 0.15) is 52.0 Å². The molecule has 18 nitrogen and oxygen atoms in total. The number of phenols is 1. The Hall–Kier alpha value is -5.13. The van der Waals surface area contributed by atoms with Gasteiger partial charge in [-0.15, -0.1) is 0 Å². The summed E-state index contributed by atoms with van der Waals surface area (Å²) in [5, 5.41) is 29.6. The van der Waals surface area contributed by atoms with E-state index < -0.39 is 59.8 Å². The van der Waals surface area contributed by atoms with Crippen molar-refractivity contribution in [1.82, 2.24) is 21.3 Å². The second kappa shape index (κ2) is 20.1. The number of carboxylic acids is 1. The third kappa shape index (κ3) is 15.6. The van der Waals surface area contributed by atoms with E-state index in [0.717, 1.165) is 0 Å². The first kappa shape index (κ1) is 39.9. The minimum absolute atomic E-state index is 0.00757. The highest BCUT2D eigenvalue weighted by molar-refractivity contribution is 5.95. The van der Waals surface area contributed by atoms with E-state index in [4.69, 9.17) is 28.7 Å². The number of nitrogens with one attached hydrogen (secondary N) is 4. The SMILES string of the molecule is CC(C)[C@H](NC(=O)[C@H](C)N)C(=O)N[C@@H](CCCN=C(N)N)C(=O)N[C@@H](CCCN=C(N)N)C(=O)N[C@@H](Cc1ccc(O)cc1)C(=O)O. The van der Waals surface area contributed by atoms with E-state index >= 15 is 0 Å². The van der Waals surface area contributed by atoms with E-state index in [9.17, 15) is 34.2 Å². The molecular weight excluding hydrogens is 614 g/mol. The second-order valence-electron chi connectivity index (χ2n) is 11.3. The van der Waals surface area contributed by atoms with Gasteiger partial charge in [0.25, 0.3) is 0 Å². The van der Waals surface area contributed by atoms with Crippen LogP contribution in [-0.2, 0) is 30.4 Å². The molecule has 4 amide bonds. The van der Waals surface area contributed by atoms with Gasteiger partial charge in [0.2, 0.25) is 23.6 Å². The number of rotatable bonds is 20. The van der Waals surface area contributed by atoms with E-state index in [1.807, 2.05) is 0 Å². The number of aliphatic imine (C=N–C) groups is 2. The predicted octanol–water partition coefficient (Wildman–Crippen LogP) is -2.93. The number of hydrogen-bond acceptors (Lipinski definition) is 9. The zero-order chi connectivity index (χ0) is 35.7. The van der Waals surface area contributed by atoms with Crippen molar-refractivity contribution in [2.75, 3.05) is 13.1 Å². The fraction of sp³-hybridized carbons (Fsp3) is 0.552. The number of benzene rings is 1. The Morgan fingerprint density at radius 2 is 1.15 bits per heavy atom. The van der Waals surface area contributed by atoms with Crippen LogP contribution >= 0.6 is 0 Å². The first-order chi connectivity index (χ1) is 22.0. The normalized spacial score (nSPS) is 14.0. The summed E-state index contributed by atoms with van der Waals surface area (Å²) in [6, 6.07) is 0.0534. The summed E-state index contributed by atoms with van der Waals surface area (Å²) in [5.41, 5.74) is 27.7. The fourth-order valence-corrected chi connectivity index (χ4v) is 4.24. The van der Waals surface area contributed by atoms with Crippen LogP contribution in [0.25, 0.3) is 0 Å². The van der Waals surface area contributed by atoms with Crippen molar-refractivity contribution in [3.05, 3.63) is 29.8 Å². The van der Waals surface area contributed by atoms with Gasteiger partial charge in [-0.2, -0.15) is 0 Å². The van der Waals surface area contributed by atoms with Gasteiger partial charge in [0, 0.05) is 19.5 Å². The molecule has 0 aliphatic rings. The number of carboxylic acid groups (broad SMARTS) is 1. The molecule has 0 aliphatic heterocycles. The van der Waals surface area contributed by atoms with E-state index in [1.165, 1.54) is 31.2 Å². The van der Waals surface area contributed by atoms with Crippen molar-refractivity contribution in [1.29, 1.82) is 0 Å². The minimum Gasteiger partial charge on any atom is -0.508 e. The lowest BCUT2D eigenvalue weighted by Crippen LogP contribution is -2.59. The van der Waals surface area contributed by atoms with Crippen LogP contribution < -0.4 is 49.9 Å². The molecule has 1 aromatic carbocycles. The first-order valence-corrected chi connectivity index (χ1v) is 15.1. The third-order valence-corrected chi connectivity index (χ3v) is 6.81. The highest BCUT2D eigenvalue weighted by atomic mass is 16.4. The molecule has 5 atom stereocenters. The number of aromatic hydroxyl groups is 1. The highest BCUT2D eigenvalue weighted by Crippen LogP contribution is 2.12. The fourth-order valence-electron chi connectivity index (χ4n) is 4.24. The Balaban J connectivity index is 3.26. The Kier molecular flexibility index (Phi) is 17.1. The summed E-state index contributed by atoms with van der Waals surface area (Å²) in [6.45, 7) is 5.12. The van der Waals surface area contributed by atoms with Gasteiger partial charge in [-0.1, -0.05) is 26.0 Å².